The summed E-state index contributed by atoms with van der Waals surface area (Å²) in [6.45, 7) is 0. The van der Waals surface area contributed by atoms with Crippen LogP contribution in [0, 0.1) is 11.3 Å². The van der Waals surface area contributed by atoms with Gasteiger partial charge in [0.1, 0.15) is 0 Å². The summed E-state index contributed by atoms with van der Waals surface area (Å²) in [5.41, 5.74) is -0.154. The molecule has 0 aliphatic carbocycles. The second kappa shape index (κ2) is 7.75. The Labute approximate surface area is 157 Å². The lowest BCUT2D eigenvalue weighted by Crippen LogP contribution is -2.17. The molecule has 0 radical (unpaired) electrons. The quantitative estimate of drug-likeness (QED) is 0.698. The molecule has 28 heavy (non-hydrogen) atoms. The van der Waals surface area contributed by atoms with Gasteiger partial charge in [-0.2, -0.15) is 18.4 Å². The van der Waals surface area contributed by atoms with Gasteiger partial charge in [0.05, 0.1) is 28.4 Å². The molecule has 0 bridgehead atoms. The van der Waals surface area contributed by atoms with Crippen molar-refractivity contribution in [2.75, 3.05) is 10.6 Å². The number of nitriles is 1. The molecule has 0 atom stereocenters. The van der Waals surface area contributed by atoms with Crippen molar-refractivity contribution in [3.63, 3.8) is 0 Å². The zero-order chi connectivity index (χ0) is 20.1. The number of rotatable bonds is 4. The average Bonchev–Trinajstić information content (AvgIpc) is 2.69. The van der Waals surface area contributed by atoms with Crippen LogP contribution < -0.4 is 10.6 Å². The van der Waals surface area contributed by atoms with Gasteiger partial charge in [-0.15, -0.1) is 0 Å². The van der Waals surface area contributed by atoms with Gasteiger partial charge >= 0.3 is 6.18 Å². The number of hydrogen-bond donors (Lipinski definition) is 2. The third-order valence-corrected chi connectivity index (χ3v) is 3.66. The van der Waals surface area contributed by atoms with Gasteiger partial charge in [0, 0.05) is 18.1 Å². The summed E-state index contributed by atoms with van der Waals surface area (Å²) < 4.78 is 39.0. The average molecular weight is 383 g/mol. The third-order valence-electron chi connectivity index (χ3n) is 3.66. The molecule has 3 rings (SSSR count). The molecule has 1 heterocycles. The largest absolute Gasteiger partial charge is 0.418 e. The van der Waals surface area contributed by atoms with Crippen LogP contribution in [-0.4, -0.2) is 15.9 Å². The summed E-state index contributed by atoms with van der Waals surface area (Å²) in [5.74, 6) is -0.571. The fourth-order valence-corrected chi connectivity index (χ4v) is 2.30. The van der Waals surface area contributed by atoms with Crippen molar-refractivity contribution in [3.05, 3.63) is 77.6 Å². The molecule has 0 saturated carbocycles. The Morgan fingerprint density at radius 2 is 1.64 bits per heavy atom. The van der Waals surface area contributed by atoms with Gasteiger partial charge in [0.2, 0.25) is 5.95 Å². The molecule has 6 nitrogen and oxygen atoms in total. The first kappa shape index (κ1) is 18.8. The molecular weight excluding hydrogens is 371 g/mol. The second-order valence-electron chi connectivity index (χ2n) is 5.61. The molecule has 1 amide bonds. The predicted molar refractivity (Wildman–Crippen MR) is 95.9 cm³/mol. The van der Waals surface area contributed by atoms with E-state index in [0.717, 1.165) is 6.07 Å². The van der Waals surface area contributed by atoms with E-state index >= 15 is 0 Å². The molecule has 3 aromatic rings. The van der Waals surface area contributed by atoms with Crippen LogP contribution in [0.3, 0.4) is 0 Å². The number of hydrogen-bond acceptors (Lipinski definition) is 5. The molecule has 140 valence electrons. The van der Waals surface area contributed by atoms with E-state index in [1.54, 1.807) is 24.3 Å². The Bertz CT molecular complexity index is 1030. The Morgan fingerprint density at radius 1 is 1.00 bits per heavy atom. The lowest BCUT2D eigenvalue weighted by atomic mass is 10.1. The maximum atomic E-state index is 13.0. The number of carbonyl (C=O) groups excluding carboxylic acids is 1. The summed E-state index contributed by atoms with van der Waals surface area (Å²) in [5, 5.41) is 13.9. The van der Waals surface area contributed by atoms with E-state index in [9.17, 15) is 18.0 Å². The number of amides is 1. The monoisotopic (exact) mass is 383 g/mol. The predicted octanol–water partition coefficient (Wildman–Crippen LogP) is 4.36. The van der Waals surface area contributed by atoms with E-state index in [-0.39, 0.29) is 17.2 Å². The maximum Gasteiger partial charge on any atom is 0.418 e. The number of para-hydroxylation sites is 1. The SMILES string of the molecule is N#Cc1ccc(Nc2ncc(C(=O)Nc3ccccc3C(F)(F)F)cn2)cc1. The number of benzene rings is 2. The molecule has 2 N–H and O–H groups in total. The highest BCUT2D eigenvalue weighted by Crippen LogP contribution is 2.34. The minimum atomic E-state index is -4.59. The molecule has 0 aliphatic heterocycles. The number of carbonyl (C=O) groups is 1. The molecule has 0 aliphatic rings. The highest BCUT2D eigenvalue weighted by atomic mass is 19.4. The molecule has 0 spiro atoms. The van der Waals surface area contributed by atoms with E-state index in [4.69, 9.17) is 5.26 Å². The zero-order valence-electron chi connectivity index (χ0n) is 14.2. The maximum absolute atomic E-state index is 13.0. The molecule has 0 saturated heterocycles. The molecular formula is C19H12F3N5O. The van der Waals surface area contributed by atoms with Crippen LogP contribution >= 0.6 is 0 Å². The Kier molecular flexibility index (Phi) is 5.22. The smallest absolute Gasteiger partial charge is 0.324 e. The first-order valence-electron chi connectivity index (χ1n) is 7.93. The molecule has 9 heteroatoms. The number of nitrogens with zero attached hydrogens (tertiary/aromatic N) is 3. The first-order valence-corrected chi connectivity index (χ1v) is 7.93. The van der Waals surface area contributed by atoms with E-state index in [1.807, 2.05) is 6.07 Å². The van der Waals surface area contributed by atoms with Gasteiger partial charge < -0.3 is 10.6 Å². The van der Waals surface area contributed by atoms with Crippen LogP contribution in [0.1, 0.15) is 21.5 Å². The van der Waals surface area contributed by atoms with Gasteiger partial charge in [0.25, 0.3) is 5.91 Å². The molecule has 2 aromatic carbocycles. The molecule has 0 unspecified atom stereocenters. The van der Waals surface area contributed by atoms with Crippen molar-refractivity contribution in [2.45, 2.75) is 6.18 Å². The topological polar surface area (TPSA) is 90.7 Å². The number of anilines is 3. The highest BCUT2D eigenvalue weighted by Gasteiger charge is 2.33. The summed E-state index contributed by atoms with van der Waals surface area (Å²) in [4.78, 5) is 20.2. The highest BCUT2D eigenvalue weighted by molar-refractivity contribution is 6.04. The summed E-state index contributed by atoms with van der Waals surface area (Å²) in [7, 11) is 0. The van der Waals surface area contributed by atoms with Crippen molar-refractivity contribution in [1.82, 2.24) is 9.97 Å². The van der Waals surface area contributed by atoms with E-state index < -0.39 is 17.6 Å². The number of halogens is 3. The van der Waals surface area contributed by atoms with Crippen molar-refractivity contribution in [1.29, 1.82) is 5.26 Å². The van der Waals surface area contributed by atoms with Crippen LogP contribution in [0.5, 0.6) is 0 Å². The second-order valence-corrected chi connectivity index (χ2v) is 5.61. The van der Waals surface area contributed by atoms with Crippen molar-refractivity contribution in [2.24, 2.45) is 0 Å². The van der Waals surface area contributed by atoms with Crippen LogP contribution in [-0.2, 0) is 6.18 Å². The normalized spacial score (nSPS) is 10.8. The van der Waals surface area contributed by atoms with E-state index in [2.05, 4.69) is 20.6 Å². The lowest BCUT2D eigenvalue weighted by molar-refractivity contribution is -0.136. The van der Waals surface area contributed by atoms with Gasteiger partial charge in [0.15, 0.2) is 0 Å². The van der Waals surface area contributed by atoms with Crippen LogP contribution in [0.25, 0.3) is 0 Å². The Hall–Kier alpha value is -3.93. The Morgan fingerprint density at radius 3 is 2.25 bits per heavy atom. The molecule has 1 aromatic heterocycles. The van der Waals surface area contributed by atoms with Crippen LogP contribution in [0.4, 0.5) is 30.5 Å². The van der Waals surface area contributed by atoms with Gasteiger partial charge in [-0.05, 0) is 36.4 Å². The van der Waals surface area contributed by atoms with Crippen molar-refractivity contribution < 1.29 is 18.0 Å². The van der Waals surface area contributed by atoms with Crippen molar-refractivity contribution >= 4 is 23.2 Å². The van der Waals surface area contributed by atoms with E-state index in [0.29, 0.717) is 11.3 Å². The van der Waals surface area contributed by atoms with E-state index in [1.165, 1.54) is 30.6 Å². The number of nitrogens with one attached hydrogen (secondary N) is 2. The van der Waals surface area contributed by atoms with Gasteiger partial charge in [-0.25, -0.2) is 9.97 Å². The van der Waals surface area contributed by atoms with Gasteiger partial charge in [-0.3, -0.25) is 4.79 Å². The Balaban J connectivity index is 1.71. The van der Waals surface area contributed by atoms with Gasteiger partial charge in [-0.1, -0.05) is 12.1 Å². The molecule has 0 fully saturated rings. The fraction of sp³-hybridized carbons (Fsp3) is 0.0526. The van der Waals surface area contributed by atoms with Crippen molar-refractivity contribution in [3.8, 4) is 6.07 Å². The minimum absolute atomic E-state index is 0.00218. The summed E-state index contributed by atoms with van der Waals surface area (Å²) in [6.07, 6.45) is -2.19. The van der Waals surface area contributed by atoms with Crippen LogP contribution in [0.15, 0.2) is 60.9 Å². The van der Waals surface area contributed by atoms with Crippen LogP contribution in [0.2, 0.25) is 0 Å². The fourth-order valence-electron chi connectivity index (χ4n) is 2.30. The summed E-state index contributed by atoms with van der Waals surface area (Å²) >= 11 is 0. The zero-order valence-corrected chi connectivity index (χ0v) is 14.2. The first-order chi connectivity index (χ1) is 13.4. The number of aromatic nitrogens is 2. The standard InChI is InChI=1S/C19H12F3N5O/c20-19(21,22)15-3-1-2-4-16(15)27-17(28)13-10-24-18(25-11-13)26-14-7-5-12(9-23)6-8-14/h1-8,10-11H,(H,27,28)(H,24,25,26). The lowest BCUT2D eigenvalue weighted by Gasteiger charge is -2.13. The minimum Gasteiger partial charge on any atom is -0.324 e. The number of alkyl halides is 3. The third kappa shape index (κ3) is 4.42. The summed E-state index contributed by atoms with van der Waals surface area (Å²) in [6, 6.07) is 13.2.